The third kappa shape index (κ3) is 1.88. The van der Waals surface area contributed by atoms with Gasteiger partial charge in [0.1, 0.15) is 0 Å². The highest BCUT2D eigenvalue weighted by Gasteiger charge is 2.22. The highest BCUT2D eigenvalue weighted by molar-refractivity contribution is 5.71. The summed E-state index contributed by atoms with van der Waals surface area (Å²) in [7, 11) is 0. The average Bonchev–Trinajstić information content (AvgIpc) is 2.29. The van der Waals surface area contributed by atoms with Gasteiger partial charge in [-0.05, 0) is 47.9 Å². The molecular weight excluding hydrogens is 204 g/mol. The molecular formula is C17H18. The number of benzene rings is 2. The Kier molecular flexibility index (Phi) is 2.72. The Bertz CT molecular complexity index is 521. The zero-order valence-corrected chi connectivity index (χ0v) is 10.3. The predicted octanol–water partition coefficient (Wildman–Crippen LogP) is 4.93. The third-order valence-electron chi connectivity index (χ3n) is 3.94. The summed E-state index contributed by atoms with van der Waals surface area (Å²) in [5.41, 5.74) is 5.76. The Morgan fingerprint density at radius 3 is 2.12 bits per heavy atom. The molecule has 2 aromatic rings. The first kappa shape index (κ1) is 10.6. The summed E-state index contributed by atoms with van der Waals surface area (Å²) in [6.07, 6.45) is 4.12. The summed E-state index contributed by atoms with van der Waals surface area (Å²) in [6.45, 7) is 2.20. The molecule has 1 aliphatic carbocycles. The van der Waals surface area contributed by atoms with Crippen LogP contribution in [0.2, 0.25) is 0 Å². The van der Waals surface area contributed by atoms with Crippen LogP contribution in [0.4, 0.5) is 0 Å². The van der Waals surface area contributed by atoms with E-state index in [2.05, 4.69) is 55.5 Å². The largest absolute Gasteiger partial charge is 0.0620 e. The highest BCUT2D eigenvalue weighted by atomic mass is 14.3. The highest BCUT2D eigenvalue weighted by Crippen LogP contribution is 2.41. The predicted molar refractivity (Wildman–Crippen MR) is 73.2 cm³/mol. The quantitative estimate of drug-likeness (QED) is 0.676. The van der Waals surface area contributed by atoms with E-state index in [1.165, 1.54) is 36.0 Å². The first-order valence-electron chi connectivity index (χ1n) is 6.51. The molecule has 3 rings (SSSR count). The van der Waals surface area contributed by atoms with Gasteiger partial charge in [0.25, 0.3) is 0 Å². The van der Waals surface area contributed by atoms with E-state index in [0.29, 0.717) is 0 Å². The molecule has 1 saturated carbocycles. The van der Waals surface area contributed by atoms with E-state index in [0.717, 1.165) is 5.92 Å². The second kappa shape index (κ2) is 4.37. The van der Waals surface area contributed by atoms with Gasteiger partial charge in [0.15, 0.2) is 0 Å². The molecule has 0 amide bonds. The lowest BCUT2D eigenvalue weighted by atomic mass is 9.77. The minimum absolute atomic E-state index is 0.797. The molecule has 0 heteroatoms. The molecule has 0 radical (unpaired) electrons. The van der Waals surface area contributed by atoms with Gasteiger partial charge in [-0.2, -0.15) is 0 Å². The van der Waals surface area contributed by atoms with Crippen molar-refractivity contribution in [3.63, 3.8) is 0 Å². The molecule has 1 fully saturated rings. The number of hydrogen-bond donors (Lipinski definition) is 0. The zero-order valence-electron chi connectivity index (χ0n) is 10.3. The van der Waals surface area contributed by atoms with Crippen LogP contribution in [-0.2, 0) is 0 Å². The maximum atomic E-state index is 2.31. The van der Waals surface area contributed by atoms with Crippen molar-refractivity contribution < 1.29 is 0 Å². The fourth-order valence-electron chi connectivity index (χ4n) is 2.69. The van der Waals surface area contributed by atoms with E-state index in [-0.39, 0.29) is 0 Å². The maximum Gasteiger partial charge on any atom is -0.0146 e. The normalized spacial score (nSPS) is 15.6. The summed E-state index contributed by atoms with van der Waals surface area (Å²) < 4.78 is 0. The third-order valence-corrected chi connectivity index (χ3v) is 3.94. The molecule has 0 bridgehead atoms. The lowest BCUT2D eigenvalue weighted by Crippen LogP contribution is -2.10. The molecule has 0 heterocycles. The molecule has 86 valence electrons. The van der Waals surface area contributed by atoms with Crippen molar-refractivity contribution in [3.8, 4) is 11.1 Å². The first-order chi connectivity index (χ1) is 8.36. The van der Waals surface area contributed by atoms with Crippen molar-refractivity contribution in [2.75, 3.05) is 0 Å². The Hall–Kier alpha value is -1.56. The lowest BCUT2D eigenvalue weighted by molar-refractivity contribution is 0.420. The topological polar surface area (TPSA) is 0 Å². The van der Waals surface area contributed by atoms with E-state index in [1.54, 1.807) is 5.56 Å². The van der Waals surface area contributed by atoms with Gasteiger partial charge >= 0.3 is 0 Å². The SMILES string of the molecule is Cc1ccccc1-c1ccccc1C1CCC1. The molecule has 0 aliphatic heterocycles. The summed E-state index contributed by atoms with van der Waals surface area (Å²) in [5.74, 6) is 0.797. The van der Waals surface area contributed by atoms with Crippen LogP contribution in [0.3, 0.4) is 0 Å². The summed E-state index contributed by atoms with van der Waals surface area (Å²) in [4.78, 5) is 0. The van der Waals surface area contributed by atoms with Crippen LogP contribution in [0, 0.1) is 6.92 Å². The smallest absolute Gasteiger partial charge is 0.0146 e. The van der Waals surface area contributed by atoms with E-state index < -0.39 is 0 Å². The summed E-state index contributed by atoms with van der Waals surface area (Å²) >= 11 is 0. The van der Waals surface area contributed by atoms with Gasteiger partial charge in [0.2, 0.25) is 0 Å². The first-order valence-corrected chi connectivity index (χ1v) is 6.51. The van der Waals surface area contributed by atoms with Gasteiger partial charge in [-0.25, -0.2) is 0 Å². The summed E-state index contributed by atoms with van der Waals surface area (Å²) in [6, 6.07) is 17.6. The number of aryl methyl sites for hydroxylation is 1. The van der Waals surface area contributed by atoms with Gasteiger partial charge in [0.05, 0.1) is 0 Å². The molecule has 0 spiro atoms. The van der Waals surface area contributed by atoms with Crippen LogP contribution >= 0.6 is 0 Å². The number of rotatable bonds is 2. The van der Waals surface area contributed by atoms with Crippen LogP contribution in [0.15, 0.2) is 48.5 Å². The Morgan fingerprint density at radius 1 is 0.824 bits per heavy atom. The van der Waals surface area contributed by atoms with Crippen molar-refractivity contribution in [2.45, 2.75) is 32.1 Å². The second-order valence-electron chi connectivity index (χ2n) is 5.03. The van der Waals surface area contributed by atoms with Crippen LogP contribution in [0.25, 0.3) is 11.1 Å². The Balaban J connectivity index is 2.11. The molecule has 17 heavy (non-hydrogen) atoms. The summed E-state index contributed by atoms with van der Waals surface area (Å²) in [5, 5.41) is 0. The van der Waals surface area contributed by atoms with E-state index in [4.69, 9.17) is 0 Å². The molecule has 0 N–H and O–H groups in total. The average molecular weight is 222 g/mol. The van der Waals surface area contributed by atoms with E-state index in [9.17, 15) is 0 Å². The molecule has 0 aromatic heterocycles. The molecule has 1 aliphatic rings. The van der Waals surface area contributed by atoms with Gasteiger partial charge in [-0.3, -0.25) is 0 Å². The van der Waals surface area contributed by atoms with Gasteiger partial charge in [-0.15, -0.1) is 0 Å². The monoisotopic (exact) mass is 222 g/mol. The maximum absolute atomic E-state index is 2.31. The van der Waals surface area contributed by atoms with Crippen molar-refractivity contribution in [1.82, 2.24) is 0 Å². The standard InChI is InChI=1S/C17H18/c1-13-7-2-3-10-15(13)17-12-5-4-11-16(17)14-8-6-9-14/h2-5,7,10-12,14H,6,8-9H2,1H3. The van der Waals surface area contributed by atoms with Crippen molar-refractivity contribution in [3.05, 3.63) is 59.7 Å². The van der Waals surface area contributed by atoms with Crippen LogP contribution in [0.1, 0.15) is 36.3 Å². The molecule has 0 nitrogen and oxygen atoms in total. The van der Waals surface area contributed by atoms with Crippen molar-refractivity contribution in [2.24, 2.45) is 0 Å². The van der Waals surface area contributed by atoms with Crippen molar-refractivity contribution in [1.29, 1.82) is 0 Å². The van der Waals surface area contributed by atoms with Crippen LogP contribution in [0.5, 0.6) is 0 Å². The van der Waals surface area contributed by atoms with Crippen LogP contribution < -0.4 is 0 Å². The lowest BCUT2D eigenvalue weighted by Gasteiger charge is -2.28. The Labute approximate surface area is 103 Å². The Morgan fingerprint density at radius 2 is 1.47 bits per heavy atom. The van der Waals surface area contributed by atoms with Gasteiger partial charge in [0, 0.05) is 0 Å². The second-order valence-corrected chi connectivity index (χ2v) is 5.03. The minimum Gasteiger partial charge on any atom is -0.0620 e. The minimum atomic E-state index is 0.797. The van der Waals surface area contributed by atoms with Gasteiger partial charge in [-0.1, -0.05) is 55.0 Å². The zero-order chi connectivity index (χ0) is 11.7. The van der Waals surface area contributed by atoms with Crippen LogP contribution in [-0.4, -0.2) is 0 Å². The molecule has 0 saturated heterocycles. The fraction of sp³-hybridized carbons (Fsp3) is 0.294. The molecule has 0 atom stereocenters. The molecule has 2 aromatic carbocycles. The molecule has 0 unspecified atom stereocenters. The number of hydrogen-bond acceptors (Lipinski definition) is 0. The fourth-order valence-corrected chi connectivity index (χ4v) is 2.69. The van der Waals surface area contributed by atoms with E-state index >= 15 is 0 Å². The van der Waals surface area contributed by atoms with Crippen molar-refractivity contribution >= 4 is 0 Å². The van der Waals surface area contributed by atoms with E-state index in [1.807, 2.05) is 0 Å². The van der Waals surface area contributed by atoms with Gasteiger partial charge < -0.3 is 0 Å².